The number of benzene rings is 2. The van der Waals surface area contributed by atoms with Crippen LogP contribution in [0.3, 0.4) is 0 Å². The summed E-state index contributed by atoms with van der Waals surface area (Å²) in [5, 5.41) is 0.454. The number of nitrogens with zero attached hydrogens (tertiary/aromatic N) is 2. The van der Waals surface area contributed by atoms with E-state index in [-0.39, 0.29) is 31.2 Å². The monoisotopic (exact) mass is 540 g/mol. The molecule has 7 nitrogen and oxygen atoms in total. The minimum absolute atomic E-state index is 0. The molecule has 3 aromatic rings. The van der Waals surface area contributed by atoms with Gasteiger partial charge in [0, 0.05) is 38.1 Å². The van der Waals surface area contributed by atoms with Crippen molar-refractivity contribution >= 4 is 21.8 Å². The lowest BCUT2D eigenvalue weighted by atomic mass is 9.98. The van der Waals surface area contributed by atoms with Gasteiger partial charge in [0.15, 0.2) is 11.6 Å². The smallest absolute Gasteiger partial charge is 0.454 e. The molecule has 1 N–H and O–H groups in total. The quantitative estimate of drug-likeness (QED) is 0.435. The van der Waals surface area contributed by atoms with Crippen molar-refractivity contribution in [2.75, 3.05) is 4.72 Å². The summed E-state index contributed by atoms with van der Waals surface area (Å²) in [6, 6.07) is 8.09. The van der Waals surface area contributed by atoms with Gasteiger partial charge in [0.1, 0.15) is 11.1 Å². The highest BCUT2D eigenvalue weighted by Crippen LogP contribution is 2.37. The lowest BCUT2D eigenvalue weighted by molar-refractivity contribution is -0.0429. The molecule has 1 aliphatic rings. The number of hydrogen-bond donors (Lipinski definition) is 1. The molecule has 0 spiro atoms. The van der Waals surface area contributed by atoms with E-state index in [1.807, 2.05) is 13.8 Å². The molecule has 0 saturated carbocycles. The summed E-state index contributed by atoms with van der Waals surface area (Å²) < 4.78 is 86.3. The maximum Gasteiger partial charge on any atom is 0.516 e. The number of rotatable bonds is 7. The van der Waals surface area contributed by atoms with Crippen LogP contribution in [0, 0.1) is 12.4 Å². The van der Waals surface area contributed by atoms with Gasteiger partial charge in [-0.3, -0.25) is 14.5 Å². The van der Waals surface area contributed by atoms with E-state index in [9.17, 15) is 26.4 Å². The standard InChI is InChI=1S/C25H22F4N3O4S.2H2/c1-4-14(2)16-6-5-7-21(22(16)26)36-20-9-8-15(31-37(34,35)25(27,28)29)12-18(20)19-13-32(3)24(33)23-17(19)10-11-30-23;;/h5-14,31H,4H2,1-3H3;2*1H. The maximum atomic E-state index is 15.3. The number of halogens is 4. The Labute approximate surface area is 212 Å². The molecule has 0 aliphatic carbocycles. The van der Waals surface area contributed by atoms with Crippen LogP contribution >= 0.6 is 0 Å². The molecule has 0 fully saturated rings. The number of pyridine rings is 1. The zero-order chi connectivity index (χ0) is 27.1. The van der Waals surface area contributed by atoms with E-state index in [1.54, 1.807) is 12.1 Å². The zero-order valence-corrected chi connectivity index (χ0v) is 20.7. The van der Waals surface area contributed by atoms with E-state index in [2.05, 4.69) is 4.99 Å². The van der Waals surface area contributed by atoms with Gasteiger partial charge in [0.25, 0.3) is 5.56 Å². The predicted octanol–water partition coefficient (Wildman–Crippen LogP) is 4.83. The van der Waals surface area contributed by atoms with Gasteiger partial charge in [0.05, 0.1) is 6.54 Å². The molecule has 37 heavy (non-hydrogen) atoms. The first-order valence-corrected chi connectivity index (χ1v) is 12.6. The molecule has 1 atom stereocenters. The first-order chi connectivity index (χ1) is 17.3. The van der Waals surface area contributed by atoms with E-state index in [4.69, 9.17) is 4.74 Å². The summed E-state index contributed by atoms with van der Waals surface area (Å²) in [7, 11) is -4.25. The number of aromatic nitrogens is 1. The van der Waals surface area contributed by atoms with Crippen LogP contribution in [0.15, 0.2) is 52.4 Å². The average Bonchev–Trinajstić information content (AvgIpc) is 3.32. The molecule has 4 rings (SSSR count). The van der Waals surface area contributed by atoms with Gasteiger partial charge in [-0.2, -0.15) is 21.6 Å². The Bertz CT molecular complexity index is 1680. The molecular formula is C25H26F4N3O4S. The molecule has 0 bridgehead atoms. The molecule has 2 heterocycles. The van der Waals surface area contributed by atoms with Gasteiger partial charge in [0.2, 0.25) is 0 Å². The molecule has 199 valence electrons. The SMILES string of the molecule is CCC(C)c1cccc(Oc2ccc(NS(=O)(=O)C(F)(F)F)cc2-c2cn(C)c(=O)c3c2=C[CH]N=3)c1F.[HH].[HH]. The van der Waals surface area contributed by atoms with Crippen molar-refractivity contribution in [1.29, 1.82) is 0 Å². The van der Waals surface area contributed by atoms with Crippen LogP contribution in [0.2, 0.25) is 0 Å². The number of fused-ring (bicyclic) bond motifs is 1. The van der Waals surface area contributed by atoms with Crippen LogP contribution in [0.5, 0.6) is 11.5 Å². The molecule has 1 aliphatic heterocycles. The van der Waals surface area contributed by atoms with Gasteiger partial charge in [-0.05, 0) is 48.2 Å². The second-order valence-corrected chi connectivity index (χ2v) is 10.2. The van der Waals surface area contributed by atoms with Crippen molar-refractivity contribution in [3.8, 4) is 22.6 Å². The second-order valence-electron chi connectivity index (χ2n) is 8.50. The van der Waals surface area contributed by atoms with Crippen LogP contribution in [0.4, 0.5) is 23.2 Å². The second kappa shape index (κ2) is 9.66. The van der Waals surface area contributed by atoms with Crippen LogP contribution < -0.4 is 25.6 Å². The maximum absolute atomic E-state index is 15.3. The van der Waals surface area contributed by atoms with Gasteiger partial charge >= 0.3 is 15.5 Å². The molecule has 2 aromatic carbocycles. The van der Waals surface area contributed by atoms with Gasteiger partial charge in [-0.25, -0.2) is 4.39 Å². The van der Waals surface area contributed by atoms with Crippen LogP contribution in [-0.2, 0) is 17.1 Å². The minimum Gasteiger partial charge on any atom is -0.454 e. The summed E-state index contributed by atoms with van der Waals surface area (Å²) in [6.45, 7) is 5.16. The van der Waals surface area contributed by atoms with Crippen LogP contribution in [0.25, 0.3) is 17.2 Å². The summed E-state index contributed by atoms with van der Waals surface area (Å²) >= 11 is 0. The first-order valence-electron chi connectivity index (χ1n) is 11.1. The fourth-order valence-electron chi connectivity index (χ4n) is 3.86. The molecule has 0 amide bonds. The third-order valence-corrected chi connectivity index (χ3v) is 7.13. The van der Waals surface area contributed by atoms with Crippen LogP contribution in [0.1, 0.15) is 34.6 Å². The Hall–Kier alpha value is -3.67. The number of aryl methyl sites for hydroxylation is 1. The van der Waals surface area contributed by atoms with Crippen molar-refractivity contribution in [1.82, 2.24) is 4.57 Å². The Morgan fingerprint density at radius 3 is 2.57 bits per heavy atom. The van der Waals surface area contributed by atoms with E-state index in [1.165, 1.54) is 47.3 Å². The van der Waals surface area contributed by atoms with Gasteiger partial charge in [-0.1, -0.05) is 26.0 Å². The lowest BCUT2D eigenvalue weighted by Gasteiger charge is -2.18. The normalized spacial score (nSPS) is 13.9. The van der Waals surface area contributed by atoms with Crippen molar-refractivity contribution < 1.29 is 33.6 Å². The summed E-state index contributed by atoms with van der Waals surface area (Å²) in [4.78, 5) is 16.5. The fourth-order valence-corrected chi connectivity index (χ4v) is 4.41. The molecule has 1 radical (unpaired) electrons. The molecule has 1 unspecified atom stereocenters. The highest BCUT2D eigenvalue weighted by atomic mass is 32.2. The Balaban J connectivity index is 0.00000267. The highest BCUT2D eigenvalue weighted by molar-refractivity contribution is 7.93. The Morgan fingerprint density at radius 1 is 1.16 bits per heavy atom. The van der Waals surface area contributed by atoms with E-state index in [0.717, 1.165) is 12.1 Å². The third kappa shape index (κ3) is 4.97. The fraction of sp³-hybridized carbons (Fsp3) is 0.240. The highest BCUT2D eigenvalue weighted by Gasteiger charge is 2.46. The number of alkyl halides is 3. The molecule has 12 heteroatoms. The number of hydrogen-bond acceptors (Lipinski definition) is 5. The minimum atomic E-state index is -5.71. The van der Waals surface area contributed by atoms with E-state index < -0.39 is 32.6 Å². The summed E-state index contributed by atoms with van der Waals surface area (Å²) in [5.74, 6) is -0.785. The predicted molar refractivity (Wildman–Crippen MR) is 135 cm³/mol. The Morgan fingerprint density at radius 2 is 1.89 bits per heavy atom. The topological polar surface area (TPSA) is 89.8 Å². The van der Waals surface area contributed by atoms with Crippen molar-refractivity contribution in [3.05, 3.63) is 81.5 Å². The van der Waals surface area contributed by atoms with Gasteiger partial charge < -0.3 is 9.30 Å². The van der Waals surface area contributed by atoms with Gasteiger partial charge in [-0.15, -0.1) is 0 Å². The summed E-state index contributed by atoms with van der Waals surface area (Å²) in [5.41, 5.74) is -5.50. The van der Waals surface area contributed by atoms with Crippen molar-refractivity contribution in [3.63, 3.8) is 0 Å². The molecular weight excluding hydrogens is 514 g/mol. The molecule has 1 aromatic heterocycles. The van der Waals surface area contributed by atoms with Crippen molar-refractivity contribution in [2.24, 2.45) is 12.0 Å². The average molecular weight is 541 g/mol. The van der Waals surface area contributed by atoms with E-state index >= 15 is 4.39 Å². The van der Waals surface area contributed by atoms with E-state index in [0.29, 0.717) is 22.8 Å². The number of nitrogens with one attached hydrogen (secondary N) is 1. The first kappa shape index (κ1) is 26.4. The Kier molecular flexibility index (Phi) is 6.89. The molecule has 0 saturated heterocycles. The van der Waals surface area contributed by atoms with Crippen LogP contribution in [-0.4, -0.2) is 18.5 Å². The van der Waals surface area contributed by atoms with Crippen molar-refractivity contribution in [2.45, 2.75) is 31.7 Å². The lowest BCUT2D eigenvalue weighted by Crippen LogP contribution is -2.43. The zero-order valence-electron chi connectivity index (χ0n) is 19.9. The third-order valence-electron chi connectivity index (χ3n) is 6.02. The number of sulfonamides is 1. The number of anilines is 1. The largest absolute Gasteiger partial charge is 0.516 e. The number of ether oxygens (including phenoxy) is 1. The summed E-state index contributed by atoms with van der Waals surface area (Å²) in [6.07, 6.45) is 3.63.